The molecule has 0 atom stereocenters. The molecule has 59 valence electrons. The van der Waals surface area contributed by atoms with Crippen molar-refractivity contribution in [2.45, 2.75) is 24.7 Å². The molecule has 1 rings (SSSR count). The van der Waals surface area contributed by atoms with E-state index in [0.29, 0.717) is 5.92 Å². The summed E-state index contributed by atoms with van der Waals surface area (Å²) in [4.78, 5) is 1.23. The van der Waals surface area contributed by atoms with Crippen molar-refractivity contribution < 1.29 is 0 Å². The van der Waals surface area contributed by atoms with Crippen LogP contribution in [0.2, 0.25) is 0 Å². The molecule has 0 nitrogen and oxygen atoms in total. The third kappa shape index (κ3) is 2.26. The molecule has 0 aliphatic carbocycles. The van der Waals surface area contributed by atoms with Gasteiger partial charge in [-0.05, 0) is 29.9 Å². The Kier molecular flexibility index (Phi) is 3.01. The molecular weight excluding hydrogens is 152 g/mol. The van der Waals surface area contributed by atoms with Crippen LogP contribution in [0, 0.1) is 6.07 Å². The fraction of sp³-hybridized carbons (Fsp3) is 0.400. The van der Waals surface area contributed by atoms with Gasteiger partial charge >= 0.3 is 0 Å². The highest BCUT2D eigenvalue weighted by Crippen LogP contribution is 2.20. The fourth-order valence-electron chi connectivity index (χ4n) is 0.938. The van der Waals surface area contributed by atoms with Crippen molar-refractivity contribution in [1.29, 1.82) is 0 Å². The second-order valence-corrected chi connectivity index (χ2v) is 3.69. The maximum Gasteiger partial charge on any atom is 0.0151 e. The van der Waals surface area contributed by atoms with Crippen LogP contribution in [-0.4, -0.2) is 6.26 Å². The Hall–Kier alpha value is -0.430. The van der Waals surface area contributed by atoms with Crippen LogP contribution in [0.1, 0.15) is 25.3 Å². The van der Waals surface area contributed by atoms with E-state index in [4.69, 9.17) is 0 Å². The van der Waals surface area contributed by atoms with E-state index in [2.05, 4.69) is 38.3 Å². The minimum absolute atomic E-state index is 0.621. The predicted octanol–water partition coefficient (Wildman–Crippen LogP) is 3.33. The van der Waals surface area contributed by atoms with Gasteiger partial charge in [-0.3, -0.25) is 0 Å². The number of benzene rings is 1. The van der Waals surface area contributed by atoms with Gasteiger partial charge in [0, 0.05) is 4.90 Å². The summed E-state index contributed by atoms with van der Waals surface area (Å²) in [6.07, 6.45) is 2.08. The lowest BCUT2D eigenvalue weighted by molar-refractivity contribution is 0.862. The zero-order valence-electron chi connectivity index (χ0n) is 7.22. The molecule has 1 aromatic rings. The molecule has 0 N–H and O–H groups in total. The van der Waals surface area contributed by atoms with Crippen molar-refractivity contribution in [3.8, 4) is 0 Å². The van der Waals surface area contributed by atoms with E-state index >= 15 is 0 Å². The van der Waals surface area contributed by atoms with E-state index < -0.39 is 0 Å². The van der Waals surface area contributed by atoms with Gasteiger partial charge in [0.25, 0.3) is 0 Å². The summed E-state index contributed by atoms with van der Waals surface area (Å²) in [7, 11) is 0. The van der Waals surface area contributed by atoms with Gasteiger partial charge in [-0.2, -0.15) is 0 Å². The lowest BCUT2D eigenvalue weighted by atomic mass is 10.0. The molecule has 0 fully saturated rings. The molecule has 0 saturated heterocycles. The van der Waals surface area contributed by atoms with E-state index in [1.807, 2.05) is 6.07 Å². The van der Waals surface area contributed by atoms with Crippen LogP contribution in [-0.2, 0) is 0 Å². The minimum Gasteiger partial charge on any atom is -0.129 e. The first-order chi connectivity index (χ1) is 5.24. The van der Waals surface area contributed by atoms with Crippen LogP contribution in [0.25, 0.3) is 0 Å². The van der Waals surface area contributed by atoms with Crippen LogP contribution < -0.4 is 0 Å². The summed E-state index contributed by atoms with van der Waals surface area (Å²) < 4.78 is 0. The summed E-state index contributed by atoms with van der Waals surface area (Å²) in [6, 6.07) is 9.51. The normalized spacial score (nSPS) is 10.5. The smallest absolute Gasteiger partial charge is 0.0151 e. The Bertz CT molecular complexity index is 228. The molecule has 0 spiro atoms. The first-order valence-electron chi connectivity index (χ1n) is 3.79. The Balaban J connectivity index is 2.91. The van der Waals surface area contributed by atoms with Crippen LogP contribution in [0.3, 0.4) is 0 Å². The molecule has 0 heterocycles. The number of thioether (sulfide) groups is 1. The van der Waals surface area contributed by atoms with Crippen LogP contribution in [0.4, 0.5) is 0 Å². The first kappa shape index (κ1) is 8.66. The van der Waals surface area contributed by atoms with Crippen molar-refractivity contribution in [2.75, 3.05) is 6.26 Å². The summed E-state index contributed by atoms with van der Waals surface area (Å²) >= 11 is 1.74. The van der Waals surface area contributed by atoms with E-state index in [1.165, 1.54) is 10.5 Å². The van der Waals surface area contributed by atoms with Gasteiger partial charge in [-0.15, -0.1) is 11.8 Å². The highest BCUT2D eigenvalue weighted by Gasteiger charge is 1.98. The standard InChI is InChI=1S/C10H13S/c1-8(2)9-5-4-6-10(7-9)11-3/h4-5,7-8H,1-3H3. The zero-order chi connectivity index (χ0) is 8.27. The maximum atomic E-state index is 3.18. The van der Waals surface area contributed by atoms with Gasteiger partial charge in [0.15, 0.2) is 0 Å². The Morgan fingerprint density at radius 1 is 1.45 bits per heavy atom. The van der Waals surface area contributed by atoms with Gasteiger partial charge < -0.3 is 0 Å². The SMILES string of the molecule is CSc1[c]ccc(C(C)C)c1. The lowest BCUT2D eigenvalue weighted by Crippen LogP contribution is -1.86. The second-order valence-electron chi connectivity index (χ2n) is 2.85. The van der Waals surface area contributed by atoms with Gasteiger partial charge in [0.1, 0.15) is 0 Å². The van der Waals surface area contributed by atoms with Gasteiger partial charge in [-0.25, -0.2) is 0 Å². The highest BCUT2D eigenvalue weighted by molar-refractivity contribution is 7.98. The molecule has 0 saturated carbocycles. The minimum atomic E-state index is 0.621. The molecular formula is C10H13S. The van der Waals surface area contributed by atoms with Gasteiger partial charge in [-0.1, -0.05) is 26.0 Å². The molecule has 11 heavy (non-hydrogen) atoms. The average Bonchev–Trinajstić information content (AvgIpc) is 2.05. The Morgan fingerprint density at radius 3 is 2.73 bits per heavy atom. The molecule has 0 aromatic heterocycles. The third-order valence-corrected chi connectivity index (χ3v) is 2.36. The van der Waals surface area contributed by atoms with Crippen molar-refractivity contribution in [1.82, 2.24) is 0 Å². The topological polar surface area (TPSA) is 0 Å². The van der Waals surface area contributed by atoms with Crippen molar-refractivity contribution in [2.24, 2.45) is 0 Å². The van der Waals surface area contributed by atoms with E-state index in [-0.39, 0.29) is 0 Å². The van der Waals surface area contributed by atoms with Gasteiger partial charge in [0.2, 0.25) is 0 Å². The Morgan fingerprint density at radius 2 is 2.18 bits per heavy atom. The van der Waals surface area contributed by atoms with E-state index in [0.717, 1.165) is 0 Å². The largest absolute Gasteiger partial charge is 0.129 e. The number of rotatable bonds is 2. The molecule has 0 aliphatic rings. The van der Waals surface area contributed by atoms with Crippen molar-refractivity contribution in [3.05, 3.63) is 29.8 Å². The van der Waals surface area contributed by atoms with Gasteiger partial charge in [0.05, 0.1) is 0 Å². The van der Waals surface area contributed by atoms with Crippen molar-refractivity contribution in [3.63, 3.8) is 0 Å². The molecule has 1 aromatic carbocycles. The highest BCUT2D eigenvalue weighted by atomic mass is 32.2. The summed E-state index contributed by atoms with van der Waals surface area (Å²) in [5, 5.41) is 0. The van der Waals surface area contributed by atoms with Crippen LogP contribution >= 0.6 is 11.8 Å². The number of hydrogen-bond acceptors (Lipinski definition) is 1. The predicted molar refractivity (Wildman–Crippen MR) is 51.1 cm³/mol. The third-order valence-electron chi connectivity index (χ3n) is 1.69. The van der Waals surface area contributed by atoms with Crippen LogP contribution in [0.5, 0.6) is 0 Å². The van der Waals surface area contributed by atoms with Crippen LogP contribution in [0.15, 0.2) is 23.1 Å². The molecule has 1 heteroatoms. The average molecular weight is 165 g/mol. The molecule has 0 unspecified atom stereocenters. The van der Waals surface area contributed by atoms with E-state index in [1.54, 1.807) is 11.8 Å². The number of hydrogen-bond donors (Lipinski definition) is 0. The second kappa shape index (κ2) is 3.82. The quantitative estimate of drug-likeness (QED) is 0.606. The Labute approximate surface area is 73.0 Å². The van der Waals surface area contributed by atoms with Crippen molar-refractivity contribution >= 4 is 11.8 Å². The molecule has 0 aliphatic heterocycles. The molecule has 0 amide bonds. The summed E-state index contributed by atoms with van der Waals surface area (Å²) in [6.45, 7) is 4.42. The fourth-order valence-corrected chi connectivity index (χ4v) is 1.38. The lowest BCUT2D eigenvalue weighted by Gasteiger charge is -2.05. The molecule has 0 bridgehead atoms. The summed E-state index contributed by atoms with van der Waals surface area (Å²) in [5.74, 6) is 0.621. The summed E-state index contributed by atoms with van der Waals surface area (Å²) in [5.41, 5.74) is 1.40. The zero-order valence-corrected chi connectivity index (χ0v) is 8.03. The maximum absolute atomic E-state index is 3.18. The monoisotopic (exact) mass is 165 g/mol. The first-order valence-corrected chi connectivity index (χ1v) is 5.02. The molecule has 1 radical (unpaired) electrons. The van der Waals surface area contributed by atoms with E-state index in [9.17, 15) is 0 Å².